The number of carbonyl (C=O) groups excluding carboxylic acids is 2. The van der Waals surface area contributed by atoms with Gasteiger partial charge in [-0.25, -0.2) is 4.79 Å². The van der Waals surface area contributed by atoms with E-state index in [1.165, 1.54) is 26.0 Å². The molecule has 0 heterocycles. The number of esters is 1. The first-order chi connectivity index (χ1) is 11.1. The molecule has 1 rings (SSSR count). The monoisotopic (exact) mass is 386 g/mol. The lowest BCUT2D eigenvalue weighted by atomic mass is 10.1. The number of anilines is 1. The summed E-state index contributed by atoms with van der Waals surface area (Å²) in [7, 11) is 0. The number of hydrogen-bond acceptors (Lipinski definition) is 4. The fraction of sp³-hybridized carbons (Fsp3) is 0.429. The van der Waals surface area contributed by atoms with Gasteiger partial charge in [-0.2, -0.15) is 13.2 Å². The third kappa shape index (κ3) is 4.45. The normalized spacial score (nSPS) is 13.8. The molecule has 0 fully saturated rings. The standard InChI is InChI=1S/C14H15Cl2F3N2O3/c1-3-11(22)21-13(14(17,18)19,12(23)24-4-2)20-8-5-6-9(15)10(16)7-8/h5-7,20H,3-4H2,1-2H3,(H,21,22)/t13-/m1/s1. The highest BCUT2D eigenvalue weighted by molar-refractivity contribution is 6.42. The van der Waals surface area contributed by atoms with Crippen LogP contribution in [0.3, 0.4) is 0 Å². The summed E-state index contributed by atoms with van der Waals surface area (Å²) in [6.45, 7) is 2.39. The van der Waals surface area contributed by atoms with Crippen LogP contribution in [0.2, 0.25) is 10.0 Å². The van der Waals surface area contributed by atoms with Gasteiger partial charge in [0.25, 0.3) is 0 Å². The van der Waals surface area contributed by atoms with E-state index in [4.69, 9.17) is 23.2 Å². The molecule has 1 atom stereocenters. The van der Waals surface area contributed by atoms with Crippen LogP contribution in [0.25, 0.3) is 0 Å². The Kier molecular flexibility index (Phi) is 6.74. The van der Waals surface area contributed by atoms with Crippen molar-refractivity contribution >= 4 is 40.8 Å². The number of halogens is 5. The molecule has 0 radical (unpaired) electrons. The third-order valence-electron chi connectivity index (χ3n) is 2.91. The van der Waals surface area contributed by atoms with Gasteiger partial charge in [-0.1, -0.05) is 30.1 Å². The summed E-state index contributed by atoms with van der Waals surface area (Å²) in [5, 5.41) is 3.73. The molecule has 0 spiro atoms. The molecule has 1 aromatic rings. The predicted molar refractivity (Wildman–Crippen MR) is 83.9 cm³/mol. The molecule has 0 aliphatic carbocycles. The van der Waals surface area contributed by atoms with E-state index < -0.39 is 23.7 Å². The van der Waals surface area contributed by atoms with Crippen LogP contribution in [0, 0.1) is 0 Å². The lowest BCUT2D eigenvalue weighted by Crippen LogP contribution is -2.69. The van der Waals surface area contributed by atoms with Gasteiger partial charge < -0.3 is 15.4 Å². The number of amides is 1. The second kappa shape index (κ2) is 7.94. The smallest absolute Gasteiger partial charge is 0.441 e. The molecule has 10 heteroatoms. The minimum Gasteiger partial charge on any atom is -0.463 e. The zero-order valence-electron chi connectivity index (χ0n) is 12.8. The highest BCUT2D eigenvalue weighted by Gasteiger charge is 2.63. The molecule has 1 aromatic carbocycles. The first-order valence-corrected chi connectivity index (χ1v) is 7.61. The van der Waals surface area contributed by atoms with Crippen LogP contribution in [-0.2, 0) is 14.3 Å². The van der Waals surface area contributed by atoms with E-state index >= 15 is 0 Å². The van der Waals surface area contributed by atoms with E-state index in [9.17, 15) is 22.8 Å². The Morgan fingerprint density at radius 1 is 1.17 bits per heavy atom. The fourth-order valence-corrected chi connectivity index (χ4v) is 2.02. The van der Waals surface area contributed by atoms with Gasteiger partial charge in [-0.3, -0.25) is 4.79 Å². The summed E-state index contributed by atoms with van der Waals surface area (Å²) >= 11 is 11.5. The van der Waals surface area contributed by atoms with Crippen molar-refractivity contribution in [2.24, 2.45) is 0 Å². The average molecular weight is 387 g/mol. The van der Waals surface area contributed by atoms with Gasteiger partial charge in [-0.05, 0) is 25.1 Å². The number of alkyl halides is 3. The second-order valence-corrected chi connectivity index (χ2v) is 5.44. The van der Waals surface area contributed by atoms with Crippen molar-refractivity contribution in [3.05, 3.63) is 28.2 Å². The minimum absolute atomic E-state index is 0.0246. The molecule has 0 unspecified atom stereocenters. The quantitative estimate of drug-likeness (QED) is 0.576. The Bertz CT molecular complexity index is 626. The predicted octanol–water partition coefficient (Wildman–Crippen LogP) is 3.75. The van der Waals surface area contributed by atoms with Crippen molar-refractivity contribution in [3.63, 3.8) is 0 Å². The largest absolute Gasteiger partial charge is 0.463 e. The van der Waals surface area contributed by atoms with Gasteiger partial charge in [0, 0.05) is 12.1 Å². The first-order valence-electron chi connectivity index (χ1n) is 6.85. The molecule has 2 N–H and O–H groups in total. The molecular weight excluding hydrogens is 372 g/mol. The zero-order valence-corrected chi connectivity index (χ0v) is 14.3. The molecule has 5 nitrogen and oxygen atoms in total. The van der Waals surface area contributed by atoms with E-state index in [2.05, 4.69) is 4.74 Å². The maximum atomic E-state index is 13.7. The van der Waals surface area contributed by atoms with Gasteiger partial charge in [0.2, 0.25) is 5.91 Å². The van der Waals surface area contributed by atoms with Crippen LogP contribution >= 0.6 is 23.2 Å². The van der Waals surface area contributed by atoms with E-state index in [0.29, 0.717) is 0 Å². The zero-order chi connectivity index (χ0) is 18.5. The molecule has 0 saturated carbocycles. The molecule has 0 saturated heterocycles. The number of hydrogen-bond donors (Lipinski definition) is 2. The topological polar surface area (TPSA) is 67.4 Å². The lowest BCUT2D eigenvalue weighted by molar-refractivity contribution is -0.207. The number of carbonyl (C=O) groups is 2. The number of nitrogens with one attached hydrogen (secondary N) is 2. The van der Waals surface area contributed by atoms with Gasteiger partial charge in [-0.15, -0.1) is 0 Å². The summed E-state index contributed by atoms with van der Waals surface area (Å²) in [6, 6.07) is 3.54. The maximum Gasteiger partial charge on any atom is 0.441 e. The van der Waals surface area contributed by atoms with Crippen molar-refractivity contribution in [3.8, 4) is 0 Å². The summed E-state index contributed by atoms with van der Waals surface area (Å²) < 4.78 is 45.5. The van der Waals surface area contributed by atoms with Gasteiger partial charge in [0.1, 0.15) is 0 Å². The van der Waals surface area contributed by atoms with E-state index in [1.54, 1.807) is 5.32 Å². The molecule has 1 amide bonds. The van der Waals surface area contributed by atoms with Crippen LogP contribution in [0.5, 0.6) is 0 Å². The minimum atomic E-state index is -5.18. The Morgan fingerprint density at radius 2 is 1.79 bits per heavy atom. The Labute approximate surface area is 146 Å². The van der Waals surface area contributed by atoms with Gasteiger partial charge in [0.15, 0.2) is 0 Å². The van der Waals surface area contributed by atoms with E-state index in [-0.39, 0.29) is 28.8 Å². The number of rotatable bonds is 6. The Hall–Kier alpha value is -1.67. The molecule has 0 bridgehead atoms. The summed E-state index contributed by atoms with van der Waals surface area (Å²) in [4.78, 5) is 23.6. The van der Waals surface area contributed by atoms with Crippen molar-refractivity contribution < 1.29 is 27.5 Å². The summed E-state index contributed by atoms with van der Waals surface area (Å²) in [6.07, 6.45) is -5.45. The lowest BCUT2D eigenvalue weighted by Gasteiger charge is -2.35. The Morgan fingerprint density at radius 3 is 2.25 bits per heavy atom. The molecule has 0 aliphatic rings. The molecule has 0 aliphatic heterocycles. The maximum absolute atomic E-state index is 13.7. The highest BCUT2D eigenvalue weighted by Crippen LogP contribution is 2.35. The average Bonchev–Trinajstić information content (AvgIpc) is 2.49. The van der Waals surface area contributed by atoms with Crippen LogP contribution < -0.4 is 10.6 Å². The van der Waals surface area contributed by atoms with Crippen LogP contribution in [0.15, 0.2) is 18.2 Å². The van der Waals surface area contributed by atoms with E-state index in [1.807, 2.05) is 5.32 Å². The second-order valence-electron chi connectivity index (χ2n) is 4.62. The van der Waals surface area contributed by atoms with Crippen LogP contribution in [0.4, 0.5) is 18.9 Å². The summed E-state index contributed by atoms with van der Waals surface area (Å²) in [5.74, 6) is -2.68. The molecule has 134 valence electrons. The number of benzene rings is 1. The van der Waals surface area contributed by atoms with Crippen molar-refractivity contribution in [2.45, 2.75) is 32.1 Å². The molecule has 24 heavy (non-hydrogen) atoms. The van der Waals surface area contributed by atoms with Crippen LogP contribution in [0.1, 0.15) is 20.3 Å². The summed E-state index contributed by atoms with van der Waals surface area (Å²) in [5.41, 5.74) is -3.63. The van der Waals surface area contributed by atoms with Gasteiger partial charge in [0.05, 0.1) is 16.7 Å². The molecule has 0 aromatic heterocycles. The first kappa shape index (κ1) is 20.4. The van der Waals surface area contributed by atoms with Crippen molar-refractivity contribution in [1.82, 2.24) is 5.32 Å². The fourth-order valence-electron chi connectivity index (χ4n) is 1.72. The van der Waals surface area contributed by atoms with Crippen molar-refractivity contribution in [2.75, 3.05) is 11.9 Å². The van der Waals surface area contributed by atoms with Crippen LogP contribution in [-0.4, -0.2) is 30.3 Å². The molecular formula is C14H15Cl2F3N2O3. The van der Waals surface area contributed by atoms with E-state index in [0.717, 1.165) is 6.07 Å². The van der Waals surface area contributed by atoms with Crippen molar-refractivity contribution in [1.29, 1.82) is 0 Å². The third-order valence-corrected chi connectivity index (χ3v) is 3.65. The van der Waals surface area contributed by atoms with Gasteiger partial charge >= 0.3 is 17.8 Å². The highest BCUT2D eigenvalue weighted by atomic mass is 35.5. The number of ether oxygens (including phenoxy) is 1. The Balaban J connectivity index is 3.39. The SMILES string of the molecule is CCOC(=O)[C@](NC(=O)CC)(Nc1ccc(Cl)c(Cl)c1)C(F)(F)F.